The predicted molar refractivity (Wildman–Crippen MR) is 56.9 cm³/mol. The van der Waals surface area contributed by atoms with Gasteiger partial charge < -0.3 is 14.6 Å². The molecule has 0 N–H and O–H groups in total. The Morgan fingerprint density at radius 1 is 1.40 bits per heavy atom. The fourth-order valence-electron chi connectivity index (χ4n) is 1.11. The second kappa shape index (κ2) is 4.92. The summed E-state index contributed by atoms with van der Waals surface area (Å²) in [6.07, 6.45) is -1.18. The summed E-state index contributed by atoms with van der Waals surface area (Å²) < 4.78 is 4.35. The highest BCUT2D eigenvalue weighted by atomic mass is 35.5. The Hall–Kier alpha value is -0.640. The van der Waals surface area contributed by atoms with E-state index in [9.17, 15) is 9.90 Å². The van der Waals surface area contributed by atoms with Crippen LogP contribution in [0, 0.1) is 0 Å². The standard InChI is InChI=1S/C9H7Cl3O3/c1-2-4-7(11)5(10)3-6(8(4)12)15-9(13)14/h3H,2H2,1H3,(H,13,14)/p-1. The fourth-order valence-corrected chi connectivity index (χ4v) is 1.97. The third kappa shape index (κ3) is 2.68. The molecule has 0 fully saturated rings. The van der Waals surface area contributed by atoms with Crippen molar-refractivity contribution in [2.24, 2.45) is 0 Å². The maximum absolute atomic E-state index is 10.2. The maximum Gasteiger partial charge on any atom is 0.257 e. The van der Waals surface area contributed by atoms with Crippen molar-refractivity contribution >= 4 is 41.0 Å². The summed E-state index contributed by atoms with van der Waals surface area (Å²) in [6, 6.07) is 1.24. The van der Waals surface area contributed by atoms with Crippen LogP contribution in [-0.2, 0) is 6.42 Å². The van der Waals surface area contributed by atoms with E-state index >= 15 is 0 Å². The first kappa shape index (κ1) is 12.4. The lowest BCUT2D eigenvalue weighted by molar-refractivity contribution is -0.271. The van der Waals surface area contributed by atoms with Crippen molar-refractivity contribution in [3.05, 3.63) is 26.7 Å². The maximum atomic E-state index is 10.2. The zero-order chi connectivity index (χ0) is 11.6. The zero-order valence-corrected chi connectivity index (χ0v) is 9.91. The van der Waals surface area contributed by atoms with Crippen LogP contribution in [0.4, 0.5) is 4.79 Å². The van der Waals surface area contributed by atoms with Crippen molar-refractivity contribution in [3.63, 3.8) is 0 Å². The van der Waals surface area contributed by atoms with Gasteiger partial charge in [-0.05, 0) is 18.1 Å². The first-order valence-corrected chi connectivity index (χ1v) is 5.16. The molecule has 0 spiro atoms. The van der Waals surface area contributed by atoms with Gasteiger partial charge in [-0.25, -0.2) is 0 Å². The van der Waals surface area contributed by atoms with Gasteiger partial charge in [-0.15, -0.1) is 0 Å². The number of halogens is 3. The predicted octanol–water partition coefficient (Wildman–Crippen LogP) is 2.93. The number of hydrogen-bond donors (Lipinski definition) is 0. The Labute approximate surface area is 102 Å². The molecule has 0 aliphatic heterocycles. The minimum Gasteiger partial charge on any atom is -0.512 e. The van der Waals surface area contributed by atoms with Gasteiger partial charge >= 0.3 is 0 Å². The van der Waals surface area contributed by atoms with Crippen LogP contribution < -0.4 is 9.84 Å². The van der Waals surface area contributed by atoms with E-state index in [2.05, 4.69) is 4.74 Å². The van der Waals surface area contributed by atoms with Gasteiger partial charge in [0.15, 0.2) is 0 Å². The average Bonchev–Trinajstić information content (AvgIpc) is 2.14. The molecular formula is C9H6Cl3O3-. The van der Waals surface area contributed by atoms with E-state index in [1.54, 1.807) is 0 Å². The number of hydrogen-bond acceptors (Lipinski definition) is 3. The molecule has 1 rings (SSSR count). The Kier molecular flexibility index (Phi) is 4.08. The number of benzene rings is 1. The quantitative estimate of drug-likeness (QED) is 0.471. The molecule has 3 nitrogen and oxygen atoms in total. The molecule has 1 aromatic rings. The van der Waals surface area contributed by atoms with Gasteiger partial charge in [-0.3, -0.25) is 0 Å². The van der Waals surface area contributed by atoms with E-state index in [1.807, 2.05) is 6.92 Å². The van der Waals surface area contributed by atoms with Crippen LogP contribution in [0.15, 0.2) is 6.07 Å². The van der Waals surface area contributed by atoms with Crippen molar-refractivity contribution in [1.29, 1.82) is 0 Å². The van der Waals surface area contributed by atoms with Crippen LogP contribution in [0.25, 0.3) is 0 Å². The average molecular weight is 269 g/mol. The van der Waals surface area contributed by atoms with Crippen LogP contribution in [0.1, 0.15) is 12.5 Å². The number of carbonyl (C=O) groups is 1. The van der Waals surface area contributed by atoms with Gasteiger partial charge in [-0.2, -0.15) is 0 Å². The molecule has 0 unspecified atom stereocenters. The van der Waals surface area contributed by atoms with E-state index in [-0.39, 0.29) is 15.8 Å². The van der Waals surface area contributed by atoms with Crippen molar-refractivity contribution in [1.82, 2.24) is 0 Å². The van der Waals surface area contributed by atoms with E-state index in [0.717, 1.165) is 0 Å². The summed E-state index contributed by atoms with van der Waals surface area (Å²) in [5.41, 5.74) is 0.544. The van der Waals surface area contributed by atoms with Crippen molar-refractivity contribution in [3.8, 4) is 5.75 Å². The summed E-state index contributed by atoms with van der Waals surface area (Å²) in [4.78, 5) is 10.2. The smallest absolute Gasteiger partial charge is 0.257 e. The fraction of sp³-hybridized carbons (Fsp3) is 0.222. The van der Waals surface area contributed by atoms with E-state index < -0.39 is 6.16 Å². The molecule has 0 radical (unpaired) electrons. The summed E-state index contributed by atoms with van der Waals surface area (Å²) in [5, 5.41) is 10.9. The number of rotatable bonds is 2. The molecule has 1 aromatic carbocycles. The van der Waals surface area contributed by atoms with Crippen molar-refractivity contribution in [2.45, 2.75) is 13.3 Å². The molecule has 0 aromatic heterocycles. The van der Waals surface area contributed by atoms with Crippen molar-refractivity contribution in [2.75, 3.05) is 0 Å². The minimum absolute atomic E-state index is 0.0667. The van der Waals surface area contributed by atoms with Gasteiger partial charge in [0.2, 0.25) is 0 Å². The topological polar surface area (TPSA) is 49.4 Å². The van der Waals surface area contributed by atoms with Crippen molar-refractivity contribution < 1.29 is 14.6 Å². The molecule has 15 heavy (non-hydrogen) atoms. The Bertz CT molecular complexity index is 404. The molecule has 0 saturated carbocycles. The van der Waals surface area contributed by atoms with Crippen LogP contribution in [0.2, 0.25) is 15.1 Å². The normalized spacial score (nSPS) is 10.1. The monoisotopic (exact) mass is 267 g/mol. The Morgan fingerprint density at radius 3 is 2.47 bits per heavy atom. The number of carboxylic acid groups (broad SMARTS) is 1. The highest BCUT2D eigenvalue weighted by molar-refractivity contribution is 6.44. The zero-order valence-electron chi connectivity index (χ0n) is 7.64. The van der Waals surface area contributed by atoms with E-state index in [0.29, 0.717) is 17.0 Å². The second-order valence-corrected chi connectivity index (χ2v) is 3.83. The molecule has 0 bridgehead atoms. The lowest BCUT2D eigenvalue weighted by Crippen LogP contribution is -2.26. The van der Waals surface area contributed by atoms with Gasteiger partial charge in [0, 0.05) is 0 Å². The molecule has 0 amide bonds. The molecule has 0 aliphatic rings. The molecule has 0 atom stereocenters. The van der Waals surface area contributed by atoms with Crippen LogP contribution in [0.3, 0.4) is 0 Å². The van der Waals surface area contributed by atoms with E-state index in [1.165, 1.54) is 6.07 Å². The van der Waals surface area contributed by atoms with Crippen LogP contribution in [-0.4, -0.2) is 6.16 Å². The first-order valence-electron chi connectivity index (χ1n) is 4.02. The summed E-state index contributed by atoms with van der Waals surface area (Å²) in [7, 11) is 0. The molecular weight excluding hydrogens is 262 g/mol. The summed E-state index contributed by atoms with van der Waals surface area (Å²) in [5.74, 6) is -0.0667. The number of carbonyl (C=O) groups excluding carboxylic acids is 1. The third-order valence-electron chi connectivity index (χ3n) is 1.76. The van der Waals surface area contributed by atoms with E-state index in [4.69, 9.17) is 34.8 Å². The van der Waals surface area contributed by atoms with Crippen LogP contribution >= 0.6 is 34.8 Å². The molecule has 0 heterocycles. The van der Waals surface area contributed by atoms with Crippen LogP contribution in [0.5, 0.6) is 5.75 Å². The molecule has 0 saturated heterocycles. The minimum atomic E-state index is -1.70. The second-order valence-electron chi connectivity index (χ2n) is 2.67. The van der Waals surface area contributed by atoms with Gasteiger partial charge in [-0.1, -0.05) is 41.7 Å². The lowest BCUT2D eigenvalue weighted by atomic mass is 10.1. The summed E-state index contributed by atoms with van der Waals surface area (Å²) >= 11 is 17.5. The largest absolute Gasteiger partial charge is 0.512 e. The van der Waals surface area contributed by atoms with Gasteiger partial charge in [0.25, 0.3) is 6.16 Å². The molecule has 6 heteroatoms. The Balaban J connectivity index is 3.30. The Morgan fingerprint density at radius 2 is 2.00 bits per heavy atom. The highest BCUT2D eigenvalue weighted by Gasteiger charge is 2.12. The SMILES string of the molecule is CCc1c(Cl)c(Cl)cc(OC(=O)[O-])c1Cl. The summed E-state index contributed by atoms with van der Waals surface area (Å²) in [6.45, 7) is 1.81. The molecule has 0 aliphatic carbocycles. The first-order chi connectivity index (χ1) is 6.97. The molecule has 82 valence electrons. The third-order valence-corrected chi connectivity index (χ3v) is 3.00. The highest BCUT2D eigenvalue weighted by Crippen LogP contribution is 2.38. The van der Waals surface area contributed by atoms with Gasteiger partial charge in [0.1, 0.15) is 0 Å². The van der Waals surface area contributed by atoms with Gasteiger partial charge in [0.05, 0.1) is 20.8 Å². The number of ether oxygens (including phenoxy) is 1. The lowest BCUT2D eigenvalue weighted by Gasteiger charge is -2.15.